The van der Waals surface area contributed by atoms with E-state index in [4.69, 9.17) is 0 Å². The van der Waals surface area contributed by atoms with E-state index < -0.39 is 0 Å². The summed E-state index contributed by atoms with van der Waals surface area (Å²) in [4.78, 5) is 0. The Labute approximate surface area is 101 Å². The van der Waals surface area contributed by atoms with E-state index in [2.05, 4.69) is 34.6 Å². The fourth-order valence-corrected chi connectivity index (χ4v) is 4.83. The molecular formula is C15H28O. The minimum absolute atomic E-state index is 0.292. The first kappa shape index (κ1) is 12.4. The van der Waals surface area contributed by atoms with Gasteiger partial charge in [0, 0.05) is 6.61 Å². The minimum Gasteiger partial charge on any atom is -0.396 e. The molecule has 2 aliphatic rings. The van der Waals surface area contributed by atoms with Gasteiger partial charge in [-0.2, -0.15) is 0 Å². The normalized spacial score (nSPS) is 51.4. The quantitative estimate of drug-likeness (QED) is 0.720. The predicted octanol–water partition coefficient (Wildman–Crippen LogP) is 3.71. The van der Waals surface area contributed by atoms with E-state index >= 15 is 0 Å². The highest BCUT2D eigenvalue weighted by Gasteiger charge is 2.60. The van der Waals surface area contributed by atoms with Gasteiger partial charge in [-0.15, -0.1) is 0 Å². The SMILES string of the molecule is C[C@@H]1CCC2C[C@H](CO)C(C)(C)[C@@]2(C)[C@@H]1C. The fourth-order valence-electron chi connectivity index (χ4n) is 4.83. The van der Waals surface area contributed by atoms with Crippen molar-refractivity contribution in [3.05, 3.63) is 0 Å². The predicted molar refractivity (Wildman–Crippen MR) is 68.1 cm³/mol. The van der Waals surface area contributed by atoms with Crippen LogP contribution < -0.4 is 0 Å². The molecule has 0 aromatic carbocycles. The van der Waals surface area contributed by atoms with Crippen molar-refractivity contribution in [2.45, 2.75) is 53.9 Å². The van der Waals surface area contributed by atoms with E-state index in [9.17, 15) is 5.11 Å². The summed E-state index contributed by atoms with van der Waals surface area (Å²) in [5, 5.41) is 9.62. The van der Waals surface area contributed by atoms with E-state index in [0.717, 1.165) is 17.8 Å². The summed E-state index contributed by atoms with van der Waals surface area (Å²) < 4.78 is 0. The van der Waals surface area contributed by atoms with E-state index in [-0.39, 0.29) is 0 Å². The van der Waals surface area contributed by atoms with Crippen molar-refractivity contribution in [1.29, 1.82) is 0 Å². The van der Waals surface area contributed by atoms with Gasteiger partial charge < -0.3 is 5.11 Å². The number of hydrogen-bond acceptors (Lipinski definition) is 1. The van der Waals surface area contributed by atoms with Crippen LogP contribution in [-0.4, -0.2) is 11.7 Å². The van der Waals surface area contributed by atoms with Crippen molar-refractivity contribution in [2.24, 2.45) is 34.5 Å². The van der Waals surface area contributed by atoms with Gasteiger partial charge in [0.05, 0.1) is 0 Å². The number of hydrogen-bond donors (Lipinski definition) is 1. The first-order valence-electron chi connectivity index (χ1n) is 6.96. The Kier molecular flexibility index (Phi) is 2.89. The Hall–Kier alpha value is -0.0400. The Morgan fingerprint density at radius 1 is 1.12 bits per heavy atom. The van der Waals surface area contributed by atoms with Crippen LogP contribution in [0.5, 0.6) is 0 Å². The van der Waals surface area contributed by atoms with Crippen LogP contribution in [-0.2, 0) is 0 Å². The van der Waals surface area contributed by atoms with E-state index in [1.54, 1.807) is 0 Å². The molecule has 1 N–H and O–H groups in total. The maximum Gasteiger partial charge on any atom is 0.0464 e. The maximum absolute atomic E-state index is 9.62. The molecule has 1 nitrogen and oxygen atoms in total. The highest BCUT2D eigenvalue weighted by Crippen LogP contribution is 2.67. The van der Waals surface area contributed by atoms with Gasteiger partial charge in [-0.3, -0.25) is 0 Å². The number of aliphatic hydroxyl groups excluding tert-OH is 1. The highest BCUT2D eigenvalue weighted by atomic mass is 16.3. The number of fused-ring (bicyclic) bond motifs is 1. The lowest BCUT2D eigenvalue weighted by Gasteiger charge is -2.53. The zero-order valence-electron chi connectivity index (χ0n) is 11.6. The molecule has 0 aromatic rings. The molecule has 1 unspecified atom stereocenters. The highest BCUT2D eigenvalue weighted by molar-refractivity contribution is 5.09. The molecule has 0 amide bonds. The van der Waals surface area contributed by atoms with Gasteiger partial charge in [0.25, 0.3) is 0 Å². The van der Waals surface area contributed by atoms with Crippen molar-refractivity contribution in [3.8, 4) is 0 Å². The van der Waals surface area contributed by atoms with Gasteiger partial charge >= 0.3 is 0 Å². The van der Waals surface area contributed by atoms with Crippen molar-refractivity contribution in [3.63, 3.8) is 0 Å². The van der Waals surface area contributed by atoms with Gasteiger partial charge in [0.15, 0.2) is 0 Å². The summed E-state index contributed by atoms with van der Waals surface area (Å²) in [6, 6.07) is 0. The molecule has 0 bridgehead atoms. The zero-order valence-corrected chi connectivity index (χ0v) is 11.6. The molecule has 0 aromatic heterocycles. The fraction of sp³-hybridized carbons (Fsp3) is 1.00. The van der Waals surface area contributed by atoms with Crippen molar-refractivity contribution >= 4 is 0 Å². The van der Waals surface area contributed by atoms with Crippen LogP contribution in [0.2, 0.25) is 0 Å². The van der Waals surface area contributed by atoms with Gasteiger partial charge in [0.1, 0.15) is 0 Å². The van der Waals surface area contributed by atoms with Crippen LogP contribution in [0.3, 0.4) is 0 Å². The molecule has 2 saturated carbocycles. The van der Waals surface area contributed by atoms with Crippen molar-refractivity contribution in [1.82, 2.24) is 0 Å². The van der Waals surface area contributed by atoms with E-state index in [0.29, 0.717) is 23.4 Å². The lowest BCUT2D eigenvalue weighted by molar-refractivity contribution is -0.0560. The Morgan fingerprint density at radius 2 is 1.75 bits per heavy atom. The summed E-state index contributed by atoms with van der Waals surface area (Å²) in [6.07, 6.45) is 4.01. The molecule has 0 spiro atoms. The van der Waals surface area contributed by atoms with Crippen molar-refractivity contribution < 1.29 is 5.11 Å². The molecular weight excluding hydrogens is 196 g/mol. The first-order valence-corrected chi connectivity index (χ1v) is 6.96. The second kappa shape index (κ2) is 3.73. The second-order valence-electron chi connectivity index (χ2n) is 7.16. The Bertz CT molecular complexity index is 271. The molecule has 0 saturated heterocycles. The standard InChI is InChI=1S/C15H28O/c1-10-6-7-12-8-13(9-16)14(3,4)15(12,5)11(10)2/h10-13,16H,6-9H2,1-5H3/t10-,11-,12?,13-,15+/m1/s1. The molecule has 0 heterocycles. The summed E-state index contributed by atoms with van der Waals surface area (Å²) >= 11 is 0. The van der Waals surface area contributed by atoms with Gasteiger partial charge in [0.2, 0.25) is 0 Å². The van der Waals surface area contributed by atoms with Crippen LogP contribution in [0.15, 0.2) is 0 Å². The second-order valence-corrected chi connectivity index (χ2v) is 7.16. The van der Waals surface area contributed by atoms with Crippen LogP contribution in [0.25, 0.3) is 0 Å². The summed E-state index contributed by atoms with van der Waals surface area (Å²) in [7, 11) is 0. The van der Waals surface area contributed by atoms with Crippen LogP contribution in [0.4, 0.5) is 0 Å². The molecule has 0 radical (unpaired) electrons. The van der Waals surface area contributed by atoms with Gasteiger partial charge in [-0.1, -0.05) is 41.0 Å². The molecule has 2 fully saturated rings. The van der Waals surface area contributed by atoms with Gasteiger partial charge in [-0.25, -0.2) is 0 Å². The maximum atomic E-state index is 9.62. The average Bonchev–Trinajstić information content (AvgIpc) is 2.43. The summed E-state index contributed by atoms with van der Waals surface area (Å²) in [6.45, 7) is 12.5. The topological polar surface area (TPSA) is 20.2 Å². The van der Waals surface area contributed by atoms with Gasteiger partial charge in [-0.05, 0) is 47.3 Å². The molecule has 16 heavy (non-hydrogen) atoms. The minimum atomic E-state index is 0.292. The lowest BCUT2D eigenvalue weighted by atomic mass is 9.51. The molecule has 5 atom stereocenters. The third-order valence-electron chi connectivity index (χ3n) is 6.82. The van der Waals surface area contributed by atoms with Crippen LogP contribution in [0.1, 0.15) is 53.9 Å². The smallest absolute Gasteiger partial charge is 0.0464 e. The molecule has 0 aliphatic heterocycles. The zero-order chi connectivity index (χ0) is 12.1. The number of aliphatic hydroxyl groups is 1. The largest absolute Gasteiger partial charge is 0.396 e. The van der Waals surface area contributed by atoms with Crippen molar-refractivity contribution in [2.75, 3.05) is 6.61 Å². The first-order chi connectivity index (χ1) is 7.35. The summed E-state index contributed by atoms with van der Waals surface area (Å²) in [5.74, 6) is 2.98. The van der Waals surface area contributed by atoms with E-state index in [1.807, 2.05) is 0 Å². The molecule has 1 heteroatoms. The monoisotopic (exact) mass is 224 g/mol. The number of rotatable bonds is 1. The van der Waals surface area contributed by atoms with Crippen LogP contribution >= 0.6 is 0 Å². The Balaban J connectivity index is 2.38. The average molecular weight is 224 g/mol. The molecule has 2 rings (SSSR count). The molecule has 94 valence electrons. The lowest BCUT2D eigenvalue weighted by Crippen LogP contribution is -2.47. The Morgan fingerprint density at radius 3 is 2.31 bits per heavy atom. The third kappa shape index (κ3) is 1.33. The van der Waals surface area contributed by atoms with Crippen LogP contribution in [0, 0.1) is 34.5 Å². The molecule has 2 aliphatic carbocycles. The summed E-state index contributed by atoms with van der Waals surface area (Å²) in [5.41, 5.74) is 0.721. The van der Waals surface area contributed by atoms with E-state index in [1.165, 1.54) is 19.3 Å². The third-order valence-corrected chi connectivity index (χ3v) is 6.82.